The van der Waals surface area contributed by atoms with Crippen LogP contribution in [0.1, 0.15) is 5.56 Å². The molecule has 0 aliphatic carbocycles. The Hall–Kier alpha value is -1.34. The van der Waals surface area contributed by atoms with E-state index in [1.165, 1.54) is 6.07 Å². The van der Waals surface area contributed by atoms with Gasteiger partial charge in [-0.1, -0.05) is 15.9 Å². The third-order valence-electron chi connectivity index (χ3n) is 1.54. The normalized spacial score (nSPS) is 9.00. The summed E-state index contributed by atoms with van der Waals surface area (Å²) >= 11 is 3.30. The fraction of sp³-hybridized carbons (Fsp3) is 0.111. The number of hydrogen-bond donors (Lipinski definition) is 1. The van der Waals surface area contributed by atoms with Crippen molar-refractivity contribution >= 4 is 27.5 Å². The molecule has 0 atom stereocenters. The molecule has 4 heteroatoms. The van der Waals surface area contributed by atoms with Crippen LogP contribution in [0.5, 0.6) is 0 Å². The van der Waals surface area contributed by atoms with Gasteiger partial charge < -0.3 is 5.32 Å². The van der Waals surface area contributed by atoms with Gasteiger partial charge >= 0.3 is 5.91 Å². The van der Waals surface area contributed by atoms with Crippen LogP contribution in [0.15, 0.2) is 22.7 Å². The van der Waals surface area contributed by atoms with Gasteiger partial charge in [-0.2, -0.15) is 5.26 Å². The van der Waals surface area contributed by atoms with Crippen LogP contribution >= 0.6 is 15.9 Å². The fourth-order valence-electron chi connectivity index (χ4n) is 0.918. The van der Waals surface area contributed by atoms with Crippen LogP contribution in [-0.4, -0.2) is 5.91 Å². The number of rotatable bonds is 1. The predicted octanol–water partition coefficient (Wildman–Crippen LogP) is 2.22. The molecule has 0 aliphatic heterocycles. The Balaban J connectivity index is 2.91. The summed E-state index contributed by atoms with van der Waals surface area (Å²) in [6.45, 7) is 1.86. The van der Waals surface area contributed by atoms with Gasteiger partial charge in [-0.25, -0.2) is 0 Å². The number of halogens is 1. The second kappa shape index (κ2) is 4.06. The quantitative estimate of drug-likeness (QED) is 0.764. The number of aryl methyl sites for hydroxylation is 1. The zero-order valence-corrected chi connectivity index (χ0v) is 8.55. The van der Waals surface area contributed by atoms with Gasteiger partial charge in [0.25, 0.3) is 0 Å². The number of anilines is 1. The molecule has 1 amide bonds. The highest BCUT2D eigenvalue weighted by Gasteiger charge is 2.02. The average molecular weight is 239 g/mol. The molecule has 0 aliphatic rings. The van der Waals surface area contributed by atoms with E-state index >= 15 is 0 Å². The summed E-state index contributed by atoms with van der Waals surface area (Å²) in [4.78, 5) is 10.7. The van der Waals surface area contributed by atoms with Crippen molar-refractivity contribution in [2.45, 2.75) is 6.92 Å². The first kappa shape index (κ1) is 9.75. The van der Waals surface area contributed by atoms with Crippen molar-refractivity contribution in [1.29, 1.82) is 5.26 Å². The van der Waals surface area contributed by atoms with Crippen LogP contribution in [0.4, 0.5) is 5.69 Å². The Bertz CT molecular complexity index is 382. The van der Waals surface area contributed by atoms with Crippen LogP contribution in [0.3, 0.4) is 0 Å². The predicted molar refractivity (Wildman–Crippen MR) is 53.1 cm³/mol. The van der Waals surface area contributed by atoms with E-state index in [9.17, 15) is 4.79 Å². The first-order valence-electron chi connectivity index (χ1n) is 3.60. The van der Waals surface area contributed by atoms with E-state index in [0.717, 1.165) is 10.0 Å². The minimum atomic E-state index is -0.648. The number of nitrogens with one attached hydrogen (secondary N) is 1. The lowest BCUT2D eigenvalue weighted by Gasteiger charge is -2.04. The molecule has 0 saturated heterocycles. The maximum absolute atomic E-state index is 10.7. The van der Waals surface area contributed by atoms with E-state index in [1.54, 1.807) is 12.1 Å². The van der Waals surface area contributed by atoms with Crippen molar-refractivity contribution in [2.24, 2.45) is 0 Å². The van der Waals surface area contributed by atoms with E-state index in [2.05, 4.69) is 21.2 Å². The number of carbonyl (C=O) groups excluding carboxylic acids is 1. The smallest absolute Gasteiger partial charge is 0.313 e. The highest BCUT2D eigenvalue weighted by atomic mass is 79.9. The number of amides is 1. The molecule has 13 heavy (non-hydrogen) atoms. The molecule has 66 valence electrons. The minimum Gasteiger partial charge on any atom is -0.313 e. The van der Waals surface area contributed by atoms with Crippen molar-refractivity contribution in [3.05, 3.63) is 28.2 Å². The Morgan fingerprint density at radius 1 is 1.62 bits per heavy atom. The lowest BCUT2D eigenvalue weighted by atomic mass is 10.2. The van der Waals surface area contributed by atoms with E-state index in [-0.39, 0.29) is 0 Å². The van der Waals surface area contributed by atoms with Crippen LogP contribution in [0.2, 0.25) is 0 Å². The molecule has 0 fully saturated rings. The first-order valence-corrected chi connectivity index (χ1v) is 4.40. The van der Waals surface area contributed by atoms with Gasteiger partial charge in [0.1, 0.15) is 0 Å². The van der Waals surface area contributed by atoms with Gasteiger partial charge in [0.2, 0.25) is 0 Å². The van der Waals surface area contributed by atoms with Crippen LogP contribution in [0, 0.1) is 18.3 Å². The molecular weight excluding hydrogens is 232 g/mol. The summed E-state index contributed by atoms with van der Waals surface area (Å²) in [5, 5.41) is 10.7. The Kier molecular flexibility index (Phi) is 3.04. The molecule has 0 spiro atoms. The summed E-state index contributed by atoms with van der Waals surface area (Å²) in [7, 11) is 0. The summed E-state index contributed by atoms with van der Waals surface area (Å²) in [5.74, 6) is -0.648. The molecule has 0 saturated carbocycles. The van der Waals surface area contributed by atoms with Crippen LogP contribution < -0.4 is 5.32 Å². The second-order valence-corrected chi connectivity index (χ2v) is 3.44. The fourth-order valence-corrected chi connectivity index (χ4v) is 1.39. The number of nitriles is 1. The van der Waals surface area contributed by atoms with Crippen molar-refractivity contribution in [3.63, 3.8) is 0 Å². The Labute approximate surface area is 84.5 Å². The summed E-state index contributed by atoms with van der Waals surface area (Å²) in [5.41, 5.74) is 1.58. The highest BCUT2D eigenvalue weighted by molar-refractivity contribution is 9.10. The zero-order valence-electron chi connectivity index (χ0n) is 6.97. The lowest BCUT2D eigenvalue weighted by Crippen LogP contribution is -2.08. The summed E-state index contributed by atoms with van der Waals surface area (Å²) in [6, 6.07) is 6.91. The molecule has 0 unspecified atom stereocenters. The molecule has 0 radical (unpaired) electrons. The Morgan fingerprint density at radius 2 is 2.31 bits per heavy atom. The number of nitrogens with zero attached hydrogens (tertiary/aromatic N) is 1. The van der Waals surface area contributed by atoms with E-state index in [1.807, 2.05) is 13.0 Å². The van der Waals surface area contributed by atoms with E-state index < -0.39 is 5.91 Å². The van der Waals surface area contributed by atoms with Crippen LogP contribution in [-0.2, 0) is 4.79 Å². The van der Waals surface area contributed by atoms with Gasteiger partial charge in [0.05, 0.1) is 0 Å². The monoisotopic (exact) mass is 238 g/mol. The van der Waals surface area contributed by atoms with E-state index in [4.69, 9.17) is 5.26 Å². The van der Waals surface area contributed by atoms with Crippen molar-refractivity contribution < 1.29 is 4.79 Å². The molecule has 3 nitrogen and oxygen atoms in total. The average Bonchev–Trinajstić information content (AvgIpc) is 2.09. The summed E-state index contributed by atoms with van der Waals surface area (Å²) < 4.78 is 0.944. The third kappa shape index (κ3) is 2.56. The first-order chi connectivity index (χ1) is 6.13. The van der Waals surface area contributed by atoms with Gasteiger partial charge in [0.15, 0.2) is 6.07 Å². The van der Waals surface area contributed by atoms with E-state index in [0.29, 0.717) is 5.69 Å². The highest BCUT2D eigenvalue weighted by Crippen LogP contribution is 2.19. The number of carbonyl (C=O) groups is 1. The van der Waals surface area contributed by atoms with Crippen molar-refractivity contribution in [1.82, 2.24) is 0 Å². The van der Waals surface area contributed by atoms with Crippen LogP contribution in [0.25, 0.3) is 0 Å². The molecule has 1 aromatic carbocycles. The maximum Gasteiger partial charge on any atom is 0.326 e. The largest absolute Gasteiger partial charge is 0.326 e. The van der Waals surface area contributed by atoms with Crippen molar-refractivity contribution in [3.8, 4) is 6.07 Å². The Morgan fingerprint density at radius 3 is 2.85 bits per heavy atom. The number of hydrogen-bond acceptors (Lipinski definition) is 2. The maximum atomic E-state index is 10.7. The van der Waals surface area contributed by atoms with Gasteiger partial charge in [-0.3, -0.25) is 4.79 Å². The zero-order chi connectivity index (χ0) is 9.84. The standard InChI is InChI=1S/C9H7BrN2O/c1-6-4-7(10)2-3-8(6)12-9(13)5-11/h2-4H,1H3,(H,12,13). The SMILES string of the molecule is Cc1cc(Br)ccc1NC(=O)C#N. The second-order valence-electron chi connectivity index (χ2n) is 2.53. The van der Waals surface area contributed by atoms with Gasteiger partial charge in [0, 0.05) is 10.2 Å². The molecule has 0 bridgehead atoms. The molecular formula is C9H7BrN2O. The molecule has 0 aromatic heterocycles. The minimum absolute atomic E-state index is 0.648. The molecule has 1 aromatic rings. The topological polar surface area (TPSA) is 52.9 Å². The van der Waals surface area contributed by atoms with Gasteiger partial charge in [-0.05, 0) is 30.7 Å². The molecule has 0 heterocycles. The van der Waals surface area contributed by atoms with Crippen molar-refractivity contribution in [2.75, 3.05) is 5.32 Å². The summed E-state index contributed by atoms with van der Waals surface area (Å²) in [6.07, 6.45) is 0. The molecule has 1 N–H and O–H groups in total. The number of benzene rings is 1. The lowest BCUT2D eigenvalue weighted by molar-refractivity contribution is -0.111. The third-order valence-corrected chi connectivity index (χ3v) is 2.03. The molecule has 1 rings (SSSR count). The van der Waals surface area contributed by atoms with Gasteiger partial charge in [-0.15, -0.1) is 0 Å².